The zero-order valence-corrected chi connectivity index (χ0v) is 11.7. The molecular weight excluding hydrogens is 288 g/mol. The zero-order chi connectivity index (χ0) is 14.9. The van der Waals surface area contributed by atoms with Crippen molar-refractivity contribution < 1.29 is 12.6 Å². The molecule has 3 aromatic rings. The smallest absolute Gasteiger partial charge is 0.341 e. The van der Waals surface area contributed by atoms with E-state index in [0.29, 0.717) is 5.52 Å². The predicted octanol–water partition coefficient (Wildman–Crippen LogP) is 2.58. The Morgan fingerprint density at radius 1 is 0.952 bits per heavy atom. The molecule has 0 aliphatic rings. The number of hydrogen-bond donors (Lipinski definition) is 1. The van der Waals surface area contributed by atoms with E-state index in [2.05, 4.69) is 4.98 Å². The van der Waals surface area contributed by atoms with Gasteiger partial charge in [0.15, 0.2) is 5.75 Å². The number of nitrogens with two attached hydrogens (primary N) is 1. The molecule has 1 aromatic heterocycles. The molecule has 0 spiro atoms. The minimum atomic E-state index is -4.00. The summed E-state index contributed by atoms with van der Waals surface area (Å²) in [6.45, 7) is 0. The maximum Gasteiger partial charge on any atom is 0.341 e. The van der Waals surface area contributed by atoms with Crippen LogP contribution in [0.5, 0.6) is 5.75 Å². The van der Waals surface area contributed by atoms with Gasteiger partial charge in [0.1, 0.15) is 4.90 Å². The van der Waals surface area contributed by atoms with E-state index in [0.717, 1.165) is 5.39 Å². The Morgan fingerprint density at radius 2 is 1.71 bits per heavy atom. The number of para-hydroxylation sites is 3. The summed E-state index contributed by atoms with van der Waals surface area (Å²) in [5.41, 5.74) is 6.34. The van der Waals surface area contributed by atoms with Crippen LogP contribution in [0.15, 0.2) is 65.7 Å². The first-order valence-electron chi connectivity index (χ1n) is 6.21. The first-order chi connectivity index (χ1) is 10.1. The fourth-order valence-electron chi connectivity index (χ4n) is 2.00. The number of rotatable bonds is 3. The second-order valence-electron chi connectivity index (χ2n) is 4.41. The monoisotopic (exact) mass is 300 g/mol. The van der Waals surface area contributed by atoms with Crippen LogP contribution in [0.1, 0.15) is 0 Å². The number of anilines is 1. The lowest BCUT2D eigenvalue weighted by Crippen LogP contribution is -2.11. The molecular formula is C15H12N2O3S. The van der Waals surface area contributed by atoms with Gasteiger partial charge in [-0.1, -0.05) is 30.3 Å². The SMILES string of the molecule is Nc1ccccc1OS(=O)(=O)c1cccc2cccnc12. The Morgan fingerprint density at radius 3 is 2.52 bits per heavy atom. The third-order valence-corrected chi connectivity index (χ3v) is 4.25. The lowest BCUT2D eigenvalue weighted by molar-refractivity contribution is 0.488. The van der Waals surface area contributed by atoms with Crippen molar-refractivity contribution in [3.05, 3.63) is 60.8 Å². The molecule has 0 fully saturated rings. The third-order valence-electron chi connectivity index (χ3n) is 2.98. The first-order valence-corrected chi connectivity index (χ1v) is 7.61. The molecule has 0 aliphatic heterocycles. The average Bonchev–Trinajstić information content (AvgIpc) is 2.49. The van der Waals surface area contributed by atoms with Gasteiger partial charge in [0.05, 0.1) is 11.2 Å². The summed E-state index contributed by atoms with van der Waals surface area (Å²) >= 11 is 0. The van der Waals surface area contributed by atoms with Crippen molar-refractivity contribution in [1.82, 2.24) is 4.98 Å². The molecule has 6 heteroatoms. The molecule has 106 valence electrons. The van der Waals surface area contributed by atoms with E-state index < -0.39 is 10.1 Å². The van der Waals surface area contributed by atoms with Crippen molar-refractivity contribution in [2.24, 2.45) is 0 Å². The summed E-state index contributed by atoms with van der Waals surface area (Å²) in [5, 5.41) is 0.725. The summed E-state index contributed by atoms with van der Waals surface area (Å²) in [7, 11) is -4.00. The van der Waals surface area contributed by atoms with E-state index in [9.17, 15) is 8.42 Å². The van der Waals surface area contributed by atoms with Gasteiger partial charge < -0.3 is 9.92 Å². The maximum absolute atomic E-state index is 12.5. The highest BCUT2D eigenvalue weighted by atomic mass is 32.2. The largest absolute Gasteiger partial charge is 0.396 e. The van der Waals surface area contributed by atoms with E-state index in [1.165, 1.54) is 18.3 Å². The van der Waals surface area contributed by atoms with Crippen LogP contribution < -0.4 is 9.92 Å². The van der Waals surface area contributed by atoms with Crippen LogP contribution in [0.25, 0.3) is 10.9 Å². The summed E-state index contributed by atoms with van der Waals surface area (Å²) in [5.74, 6) is 0.102. The number of fused-ring (bicyclic) bond motifs is 1. The van der Waals surface area contributed by atoms with Crippen molar-refractivity contribution in [3.8, 4) is 5.75 Å². The van der Waals surface area contributed by atoms with Crippen molar-refractivity contribution >= 4 is 26.7 Å². The minimum Gasteiger partial charge on any atom is -0.396 e. The van der Waals surface area contributed by atoms with Gasteiger partial charge >= 0.3 is 10.1 Å². The van der Waals surface area contributed by atoms with Gasteiger partial charge in [-0.25, -0.2) is 0 Å². The van der Waals surface area contributed by atoms with Crippen LogP contribution in [0.4, 0.5) is 5.69 Å². The molecule has 2 N–H and O–H groups in total. The number of nitrogen functional groups attached to an aromatic ring is 1. The van der Waals surface area contributed by atoms with E-state index in [1.54, 1.807) is 42.5 Å². The molecule has 0 aliphatic carbocycles. The Kier molecular flexibility index (Phi) is 3.23. The van der Waals surface area contributed by atoms with Crippen LogP contribution in [-0.2, 0) is 10.1 Å². The molecule has 0 saturated carbocycles. The van der Waals surface area contributed by atoms with E-state index in [1.807, 2.05) is 0 Å². The molecule has 0 radical (unpaired) electrons. The third kappa shape index (κ3) is 2.53. The van der Waals surface area contributed by atoms with Gasteiger partial charge in [-0.15, -0.1) is 0 Å². The average molecular weight is 300 g/mol. The van der Waals surface area contributed by atoms with Crippen molar-refractivity contribution in [3.63, 3.8) is 0 Å². The maximum atomic E-state index is 12.5. The van der Waals surface area contributed by atoms with E-state index >= 15 is 0 Å². The highest BCUT2D eigenvalue weighted by molar-refractivity contribution is 7.87. The van der Waals surface area contributed by atoms with Gasteiger partial charge in [0.2, 0.25) is 0 Å². The van der Waals surface area contributed by atoms with Gasteiger partial charge in [0.25, 0.3) is 0 Å². The normalized spacial score (nSPS) is 11.4. The van der Waals surface area contributed by atoms with Crippen LogP contribution in [-0.4, -0.2) is 13.4 Å². The second kappa shape index (κ2) is 5.06. The number of hydrogen-bond acceptors (Lipinski definition) is 5. The lowest BCUT2D eigenvalue weighted by Gasteiger charge is -2.10. The molecule has 0 saturated heterocycles. The Labute approximate surface area is 122 Å². The summed E-state index contributed by atoms with van der Waals surface area (Å²) in [6, 6.07) is 14.9. The second-order valence-corrected chi connectivity index (χ2v) is 5.92. The van der Waals surface area contributed by atoms with E-state index in [4.69, 9.17) is 9.92 Å². The first kappa shape index (κ1) is 13.4. The summed E-state index contributed by atoms with van der Waals surface area (Å²) < 4.78 is 30.0. The molecule has 1 heterocycles. The molecule has 2 aromatic carbocycles. The van der Waals surface area contributed by atoms with Crippen molar-refractivity contribution in [2.45, 2.75) is 4.90 Å². The Balaban J connectivity index is 2.11. The highest BCUT2D eigenvalue weighted by Gasteiger charge is 2.21. The fraction of sp³-hybridized carbons (Fsp3) is 0. The van der Waals surface area contributed by atoms with E-state index in [-0.39, 0.29) is 16.3 Å². The Hall–Kier alpha value is -2.60. The minimum absolute atomic E-state index is 0.0175. The van der Waals surface area contributed by atoms with Crippen LogP contribution in [0.2, 0.25) is 0 Å². The molecule has 21 heavy (non-hydrogen) atoms. The van der Waals surface area contributed by atoms with Crippen LogP contribution in [0, 0.1) is 0 Å². The molecule has 3 rings (SSSR count). The van der Waals surface area contributed by atoms with Gasteiger partial charge in [-0.2, -0.15) is 8.42 Å². The van der Waals surface area contributed by atoms with Crippen molar-refractivity contribution in [2.75, 3.05) is 5.73 Å². The fourth-order valence-corrected chi connectivity index (χ4v) is 3.13. The van der Waals surface area contributed by atoms with Gasteiger partial charge in [-0.05, 0) is 24.3 Å². The topological polar surface area (TPSA) is 82.3 Å². The van der Waals surface area contributed by atoms with Crippen LogP contribution in [0.3, 0.4) is 0 Å². The molecule has 0 amide bonds. The standard InChI is InChI=1S/C15H12N2O3S/c16-12-7-1-2-8-13(12)20-21(18,19)14-9-3-5-11-6-4-10-17-15(11)14/h1-10H,16H2. The lowest BCUT2D eigenvalue weighted by atomic mass is 10.2. The number of benzene rings is 2. The quantitative estimate of drug-likeness (QED) is 0.594. The van der Waals surface area contributed by atoms with Crippen molar-refractivity contribution in [1.29, 1.82) is 0 Å². The number of aromatic nitrogens is 1. The zero-order valence-electron chi connectivity index (χ0n) is 10.9. The predicted molar refractivity (Wildman–Crippen MR) is 80.4 cm³/mol. The Bertz CT molecular complexity index is 902. The van der Waals surface area contributed by atoms with Crippen LogP contribution >= 0.6 is 0 Å². The number of nitrogens with zero attached hydrogens (tertiary/aromatic N) is 1. The molecule has 0 bridgehead atoms. The number of pyridine rings is 1. The molecule has 0 unspecified atom stereocenters. The highest BCUT2D eigenvalue weighted by Crippen LogP contribution is 2.27. The molecule has 0 atom stereocenters. The van der Waals surface area contributed by atoms with Gasteiger partial charge in [-0.3, -0.25) is 4.98 Å². The summed E-state index contributed by atoms with van der Waals surface area (Å²) in [6.07, 6.45) is 1.54. The van der Waals surface area contributed by atoms with Gasteiger partial charge in [0, 0.05) is 11.6 Å². The summed E-state index contributed by atoms with van der Waals surface area (Å²) in [4.78, 5) is 4.14. The molecule has 5 nitrogen and oxygen atoms in total.